The van der Waals surface area contributed by atoms with Crippen molar-refractivity contribution in [2.75, 3.05) is 0 Å². The molecule has 2 aromatic carbocycles. The van der Waals surface area contributed by atoms with Gasteiger partial charge in [0.25, 0.3) is 0 Å². The molecule has 0 radical (unpaired) electrons. The first-order chi connectivity index (χ1) is 15.1. The smallest absolute Gasteiger partial charge is 0.340 e. The van der Waals surface area contributed by atoms with E-state index in [0.717, 1.165) is 44.9 Å². The van der Waals surface area contributed by atoms with Gasteiger partial charge in [0.15, 0.2) is 6.17 Å². The predicted molar refractivity (Wildman–Crippen MR) is 126 cm³/mol. The third-order valence-electron chi connectivity index (χ3n) is 6.51. The Morgan fingerprint density at radius 3 is 2.06 bits per heavy atom. The van der Waals surface area contributed by atoms with Gasteiger partial charge in [0, 0.05) is 0 Å². The van der Waals surface area contributed by atoms with Crippen molar-refractivity contribution >= 4 is 5.97 Å². The quantitative estimate of drug-likeness (QED) is 0.364. The van der Waals surface area contributed by atoms with Crippen molar-refractivity contribution in [1.29, 1.82) is 0 Å². The molecule has 3 rings (SSSR count). The molecule has 0 bridgehead atoms. The molecular formula is C28H37FO2. The van der Waals surface area contributed by atoms with E-state index in [9.17, 15) is 9.18 Å². The molecule has 0 spiro atoms. The van der Waals surface area contributed by atoms with Crippen molar-refractivity contribution in [2.45, 2.75) is 96.2 Å². The van der Waals surface area contributed by atoms with Crippen molar-refractivity contribution < 1.29 is 13.9 Å². The van der Waals surface area contributed by atoms with Crippen LogP contribution in [0.4, 0.5) is 4.39 Å². The standard InChI is InChI=1S/C28H37FO2/c1-3-5-7-21-9-11-22(12-10-21)23-13-15-24(16-14-23)25-17-19-26(20-18-25)31-28(30)27(29)8-6-4-2/h9-16,25-27H,3-8,17-20H2,1-2H3/t25?,26?,27-/m0/s1. The molecule has 1 fully saturated rings. The average molecular weight is 425 g/mol. The molecule has 0 aromatic heterocycles. The number of carbonyl (C=O) groups is 1. The Morgan fingerprint density at radius 1 is 0.903 bits per heavy atom. The van der Waals surface area contributed by atoms with E-state index in [-0.39, 0.29) is 12.5 Å². The Balaban J connectivity index is 1.49. The highest BCUT2D eigenvalue weighted by atomic mass is 19.1. The first-order valence-corrected chi connectivity index (χ1v) is 12.1. The van der Waals surface area contributed by atoms with Gasteiger partial charge in [0.2, 0.25) is 0 Å². The highest BCUT2D eigenvalue weighted by molar-refractivity contribution is 5.74. The van der Waals surface area contributed by atoms with Crippen LogP contribution in [0.3, 0.4) is 0 Å². The Kier molecular flexibility index (Phi) is 9.12. The molecule has 0 aliphatic heterocycles. The van der Waals surface area contributed by atoms with Gasteiger partial charge < -0.3 is 4.74 Å². The molecule has 3 heteroatoms. The summed E-state index contributed by atoms with van der Waals surface area (Å²) < 4.78 is 19.3. The van der Waals surface area contributed by atoms with E-state index in [0.29, 0.717) is 5.92 Å². The van der Waals surface area contributed by atoms with Gasteiger partial charge in [-0.15, -0.1) is 0 Å². The lowest BCUT2D eigenvalue weighted by atomic mass is 9.82. The topological polar surface area (TPSA) is 26.3 Å². The van der Waals surface area contributed by atoms with Gasteiger partial charge in [-0.05, 0) is 73.1 Å². The number of rotatable bonds is 10. The molecular weight excluding hydrogens is 387 g/mol. The first kappa shape index (κ1) is 23.5. The van der Waals surface area contributed by atoms with Crippen LogP contribution in [0.1, 0.15) is 88.7 Å². The van der Waals surface area contributed by atoms with Crippen LogP contribution in [0.5, 0.6) is 0 Å². The number of halogens is 1. The Bertz CT molecular complexity index is 789. The zero-order chi connectivity index (χ0) is 22.1. The minimum Gasteiger partial charge on any atom is -0.460 e. The minimum absolute atomic E-state index is 0.130. The van der Waals surface area contributed by atoms with Crippen LogP contribution in [0, 0.1) is 0 Å². The van der Waals surface area contributed by atoms with Gasteiger partial charge in [-0.1, -0.05) is 81.6 Å². The molecule has 2 nitrogen and oxygen atoms in total. The molecule has 1 aliphatic rings. The van der Waals surface area contributed by atoms with Gasteiger partial charge in [-0.3, -0.25) is 0 Å². The number of hydrogen-bond acceptors (Lipinski definition) is 2. The first-order valence-electron chi connectivity index (χ1n) is 12.1. The summed E-state index contributed by atoms with van der Waals surface area (Å²) in [5.74, 6) is -0.177. The zero-order valence-electron chi connectivity index (χ0n) is 19.1. The second-order valence-electron chi connectivity index (χ2n) is 8.94. The summed E-state index contributed by atoms with van der Waals surface area (Å²) in [5, 5.41) is 0. The molecule has 0 N–H and O–H groups in total. The molecule has 1 saturated carbocycles. The Labute approximate surface area is 187 Å². The maximum Gasteiger partial charge on any atom is 0.340 e. The van der Waals surface area contributed by atoms with Crippen molar-refractivity contribution in [1.82, 2.24) is 0 Å². The van der Waals surface area contributed by atoms with E-state index in [1.54, 1.807) is 0 Å². The molecule has 2 aromatic rings. The fourth-order valence-corrected chi connectivity index (χ4v) is 4.45. The lowest BCUT2D eigenvalue weighted by molar-refractivity contribution is -0.157. The monoisotopic (exact) mass is 424 g/mol. The molecule has 168 valence electrons. The molecule has 31 heavy (non-hydrogen) atoms. The highest BCUT2D eigenvalue weighted by Crippen LogP contribution is 2.35. The third kappa shape index (κ3) is 6.92. The number of benzene rings is 2. The van der Waals surface area contributed by atoms with Crippen molar-refractivity contribution in [3.05, 3.63) is 59.7 Å². The number of ether oxygens (including phenoxy) is 1. The number of aryl methyl sites for hydroxylation is 1. The van der Waals surface area contributed by atoms with E-state index in [1.165, 1.54) is 35.1 Å². The lowest BCUT2D eigenvalue weighted by Gasteiger charge is -2.29. The van der Waals surface area contributed by atoms with Crippen LogP contribution >= 0.6 is 0 Å². The van der Waals surface area contributed by atoms with Crippen LogP contribution in [0.2, 0.25) is 0 Å². The number of unbranched alkanes of at least 4 members (excludes halogenated alkanes) is 2. The van der Waals surface area contributed by atoms with Crippen LogP contribution in [0.15, 0.2) is 48.5 Å². The van der Waals surface area contributed by atoms with Crippen LogP contribution in [-0.2, 0) is 16.0 Å². The van der Waals surface area contributed by atoms with Crippen LogP contribution in [-0.4, -0.2) is 18.2 Å². The average Bonchev–Trinajstić information content (AvgIpc) is 2.82. The largest absolute Gasteiger partial charge is 0.460 e. The summed E-state index contributed by atoms with van der Waals surface area (Å²) in [4.78, 5) is 11.9. The summed E-state index contributed by atoms with van der Waals surface area (Å²) in [6.45, 7) is 4.22. The second-order valence-corrected chi connectivity index (χ2v) is 8.94. The van der Waals surface area contributed by atoms with Gasteiger partial charge in [0.05, 0.1) is 0 Å². The van der Waals surface area contributed by atoms with E-state index in [4.69, 9.17) is 4.74 Å². The number of alkyl halides is 1. The molecule has 0 heterocycles. The maximum absolute atomic E-state index is 13.9. The number of hydrogen-bond donors (Lipinski definition) is 0. The number of esters is 1. The maximum atomic E-state index is 13.9. The van der Waals surface area contributed by atoms with E-state index in [1.807, 2.05) is 6.92 Å². The van der Waals surface area contributed by atoms with E-state index >= 15 is 0 Å². The number of carbonyl (C=O) groups excluding carboxylic acids is 1. The predicted octanol–water partition coefficient (Wildman–Crippen LogP) is 7.79. The second kappa shape index (κ2) is 12.0. The lowest BCUT2D eigenvalue weighted by Crippen LogP contribution is -2.28. The van der Waals surface area contributed by atoms with Crippen molar-refractivity contribution in [3.63, 3.8) is 0 Å². The van der Waals surface area contributed by atoms with E-state index in [2.05, 4.69) is 55.5 Å². The summed E-state index contributed by atoms with van der Waals surface area (Å²) in [7, 11) is 0. The third-order valence-corrected chi connectivity index (χ3v) is 6.51. The normalized spacial score (nSPS) is 19.7. The summed E-state index contributed by atoms with van der Waals surface area (Å²) in [6, 6.07) is 17.8. The van der Waals surface area contributed by atoms with Gasteiger partial charge in [-0.2, -0.15) is 0 Å². The van der Waals surface area contributed by atoms with Crippen molar-refractivity contribution in [2.24, 2.45) is 0 Å². The summed E-state index contributed by atoms with van der Waals surface area (Å²) >= 11 is 0. The van der Waals surface area contributed by atoms with Gasteiger partial charge in [0.1, 0.15) is 6.10 Å². The fourth-order valence-electron chi connectivity index (χ4n) is 4.45. The van der Waals surface area contributed by atoms with Crippen LogP contribution in [0.25, 0.3) is 11.1 Å². The van der Waals surface area contributed by atoms with E-state index < -0.39 is 12.1 Å². The molecule has 1 aliphatic carbocycles. The molecule has 0 amide bonds. The van der Waals surface area contributed by atoms with Crippen molar-refractivity contribution in [3.8, 4) is 11.1 Å². The Hall–Kier alpha value is -2.16. The minimum atomic E-state index is -1.47. The fraction of sp³-hybridized carbons (Fsp3) is 0.536. The van der Waals surface area contributed by atoms with Gasteiger partial charge in [-0.25, -0.2) is 9.18 Å². The van der Waals surface area contributed by atoms with Crippen LogP contribution < -0.4 is 0 Å². The molecule has 0 unspecified atom stereocenters. The molecule has 1 atom stereocenters. The molecule has 0 saturated heterocycles. The summed E-state index contributed by atoms with van der Waals surface area (Å²) in [5.41, 5.74) is 5.25. The Morgan fingerprint density at radius 2 is 1.48 bits per heavy atom. The van der Waals surface area contributed by atoms with Gasteiger partial charge >= 0.3 is 5.97 Å². The zero-order valence-corrected chi connectivity index (χ0v) is 19.1. The SMILES string of the molecule is CCCCc1ccc(-c2ccc(C3CCC(OC(=O)[C@@H](F)CCCC)CC3)cc2)cc1. The highest BCUT2D eigenvalue weighted by Gasteiger charge is 2.27. The summed E-state index contributed by atoms with van der Waals surface area (Å²) in [6.07, 6.45) is 7.51.